The van der Waals surface area contributed by atoms with Crippen LogP contribution in [0, 0.1) is 11.6 Å². The van der Waals surface area contributed by atoms with Gasteiger partial charge in [0.05, 0.1) is 5.69 Å². The average Bonchev–Trinajstić information content (AvgIpc) is 2.22. The Kier molecular flexibility index (Phi) is 3.82. The van der Waals surface area contributed by atoms with E-state index in [0.717, 1.165) is 18.2 Å². The van der Waals surface area contributed by atoms with Gasteiger partial charge in [-0.25, -0.2) is 8.78 Å². The molecule has 0 saturated heterocycles. The fraction of sp³-hybridized carbons (Fsp3) is 0.364. The van der Waals surface area contributed by atoms with Crippen molar-refractivity contribution in [3.63, 3.8) is 0 Å². The van der Waals surface area contributed by atoms with Crippen LogP contribution >= 0.6 is 0 Å². The molecule has 1 rings (SSSR count). The summed E-state index contributed by atoms with van der Waals surface area (Å²) in [7, 11) is 3.20. The molecule has 0 aromatic heterocycles. The molecule has 88 valence electrons. The first-order chi connectivity index (χ1) is 7.41. The first-order valence-corrected chi connectivity index (χ1v) is 4.84. The van der Waals surface area contributed by atoms with Gasteiger partial charge in [-0.15, -0.1) is 0 Å². The average molecular weight is 228 g/mol. The third-order valence-corrected chi connectivity index (χ3v) is 2.11. The zero-order valence-corrected chi connectivity index (χ0v) is 9.42. The number of rotatable bonds is 3. The van der Waals surface area contributed by atoms with Crippen LogP contribution in [0.3, 0.4) is 0 Å². The molecular formula is C11H14F2N2O. The van der Waals surface area contributed by atoms with Crippen molar-refractivity contribution in [2.45, 2.75) is 13.0 Å². The molecule has 0 aliphatic heterocycles. The van der Waals surface area contributed by atoms with Crippen LogP contribution in [0.25, 0.3) is 0 Å². The molecule has 1 atom stereocenters. The van der Waals surface area contributed by atoms with Gasteiger partial charge in [0.1, 0.15) is 17.7 Å². The van der Waals surface area contributed by atoms with Crippen molar-refractivity contribution >= 4 is 11.6 Å². The number of amides is 1. The van der Waals surface area contributed by atoms with E-state index >= 15 is 0 Å². The lowest BCUT2D eigenvalue weighted by molar-refractivity contribution is -0.129. The Hall–Kier alpha value is -1.65. The van der Waals surface area contributed by atoms with E-state index in [4.69, 9.17) is 0 Å². The summed E-state index contributed by atoms with van der Waals surface area (Å²) in [5.41, 5.74) is -0.0114. The minimum Gasteiger partial charge on any atom is -0.371 e. The Labute approximate surface area is 93.1 Å². The third kappa shape index (κ3) is 2.92. The summed E-state index contributed by atoms with van der Waals surface area (Å²) in [5, 5.41) is 2.63. The predicted molar refractivity (Wildman–Crippen MR) is 58.1 cm³/mol. The van der Waals surface area contributed by atoms with Crippen LogP contribution in [0.5, 0.6) is 0 Å². The monoisotopic (exact) mass is 228 g/mol. The Morgan fingerprint density at radius 3 is 2.56 bits per heavy atom. The van der Waals surface area contributed by atoms with Crippen molar-refractivity contribution in [1.82, 2.24) is 4.90 Å². The fourth-order valence-corrected chi connectivity index (χ4v) is 1.29. The summed E-state index contributed by atoms with van der Waals surface area (Å²) in [5.74, 6) is -1.34. The largest absolute Gasteiger partial charge is 0.371 e. The van der Waals surface area contributed by atoms with Crippen molar-refractivity contribution in [2.24, 2.45) is 0 Å². The van der Waals surface area contributed by atoms with Crippen molar-refractivity contribution < 1.29 is 13.6 Å². The summed E-state index contributed by atoms with van der Waals surface area (Å²) < 4.78 is 26.1. The molecule has 0 fully saturated rings. The van der Waals surface area contributed by atoms with Gasteiger partial charge < -0.3 is 10.2 Å². The Morgan fingerprint density at radius 2 is 2.00 bits per heavy atom. The predicted octanol–water partition coefficient (Wildman–Crippen LogP) is 1.85. The van der Waals surface area contributed by atoms with Gasteiger partial charge in [0, 0.05) is 14.1 Å². The standard InChI is InChI=1S/C11H14F2N2O/c1-7(11(16)15(2)3)14-10-6-8(12)4-5-9(10)13/h4-7,14H,1-3H3. The maximum Gasteiger partial charge on any atom is 0.244 e. The second-order valence-corrected chi connectivity index (χ2v) is 3.72. The summed E-state index contributed by atoms with van der Waals surface area (Å²) in [6, 6.07) is 2.46. The van der Waals surface area contributed by atoms with E-state index in [1.54, 1.807) is 21.0 Å². The lowest BCUT2D eigenvalue weighted by Crippen LogP contribution is -2.36. The van der Waals surface area contributed by atoms with E-state index in [-0.39, 0.29) is 11.6 Å². The van der Waals surface area contributed by atoms with Crippen LogP contribution in [0.2, 0.25) is 0 Å². The maximum absolute atomic E-state index is 13.2. The van der Waals surface area contributed by atoms with Crippen molar-refractivity contribution in [1.29, 1.82) is 0 Å². The highest BCUT2D eigenvalue weighted by Crippen LogP contribution is 2.16. The highest BCUT2D eigenvalue weighted by atomic mass is 19.1. The molecule has 1 amide bonds. The number of carbonyl (C=O) groups excluding carboxylic acids is 1. The molecule has 1 aromatic carbocycles. The molecule has 1 N–H and O–H groups in total. The van der Waals surface area contributed by atoms with Gasteiger partial charge in [0.15, 0.2) is 0 Å². The van der Waals surface area contributed by atoms with Crippen LogP contribution in [0.15, 0.2) is 18.2 Å². The van der Waals surface area contributed by atoms with Crippen LogP contribution in [0.4, 0.5) is 14.5 Å². The number of halogens is 2. The molecule has 1 unspecified atom stereocenters. The molecule has 5 heteroatoms. The molecule has 0 heterocycles. The zero-order valence-electron chi connectivity index (χ0n) is 9.42. The second kappa shape index (κ2) is 4.92. The molecule has 3 nitrogen and oxygen atoms in total. The molecule has 16 heavy (non-hydrogen) atoms. The van der Waals surface area contributed by atoms with Gasteiger partial charge in [-0.3, -0.25) is 4.79 Å². The van der Waals surface area contributed by atoms with E-state index in [1.807, 2.05) is 0 Å². The fourth-order valence-electron chi connectivity index (χ4n) is 1.29. The quantitative estimate of drug-likeness (QED) is 0.856. The zero-order chi connectivity index (χ0) is 12.3. The number of hydrogen-bond acceptors (Lipinski definition) is 2. The van der Waals surface area contributed by atoms with Crippen LogP contribution < -0.4 is 5.32 Å². The van der Waals surface area contributed by atoms with Crippen molar-refractivity contribution in [2.75, 3.05) is 19.4 Å². The smallest absolute Gasteiger partial charge is 0.244 e. The van der Waals surface area contributed by atoms with Gasteiger partial charge in [-0.1, -0.05) is 0 Å². The first-order valence-electron chi connectivity index (χ1n) is 4.84. The summed E-state index contributed by atoms with van der Waals surface area (Å²) in [6.07, 6.45) is 0. The normalized spacial score (nSPS) is 12.1. The third-order valence-electron chi connectivity index (χ3n) is 2.11. The van der Waals surface area contributed by atoms with Gasteiger partial charge >= 0.3 is 0 Å². The minimum absolute atomic E-state index is 0.0114. The highest BCUT2D eigenvalue weighted by Gasteiger charge is 2.16. The maximum atomic E-state index is 13.2. The molecule has 0 radical (unpaired) electrons. The summed E-state index contributed by atoms with van der Waals surface area (Å²) >= 11 is 0. The van der Waals surface area contributed by atoms with Crippen LogP contribution in [-0.2, 0) is 4.79 Å². The van der Waals surface area contributed by atoms with E-state index in [1.165, 1.54) is 4.90 Å². The van der Waals surface area contributed by atoms with E-state index in [9.17, 15) is 13.6 Å². The molecule has 0 spiro atoms. The number of nitrogens with one attached hydrogen (secondary N) is 1. The van der Waals surface area contributed by atoms with Gasteiger partial charge in [0.2, 0.25) is 5.91 Å². The first kappa shape index (κ1) is 12.4. The van der Waals surface area contributed by atoms with E-state index in [0.29, 0.717) is 0 Å². The Morgan fingerprint density at radius 1 is 1.38 bits per heavy atom. The second-order valence-electron chi connectivity index (χ2n) is 3.72. The number of anilines is 1. The van der Waals surface area contributed by atoms with Crippen molar-refractivity contribution in [3.8, 4) is 0 Å². The van der Waals surface area contributed by atoms with E-state index < -0.39 is 17.7 Å². The molecular weight excluding hydrogens is 214 g/mol. The molecule has 0 aliphatic rings. The number of carbonyl (C=O) groups is 1. The van der Waals surface area contributed by atoms with Gasteiger partial charge in [-0.2, -0.15) is 0 Å². The Bertz CT molecular complexity index is 394. The molecule has 1 aromatic rings. The number of nitrogens with zero attached hydrogens (tertiary/aromatic N) is 1. The summed E-state index contributed by atoms with van der Waals surface area (Å²) in [4.78, 5) is 12.9. The van der Waals surface area contributed by atoms with Crippen LogP contribution in [-0.4, -0.2) is 30.9 Å². The molecule has 0 aliphatic carbocycles. The Balaban J connectivity index is 2.80. The number of hydrogen-bond donors (Lipinski definition) is 1. The minimum atomic E-state index is -0.605. The van der Waals surface area contributed by atoms with E-state index in [2.05, 4.69) is 5.32 Å². The summed E-state index contributed by atoms with van der Waals surface area (Å²) in [6.45, 7) is 1.59. The van der Waals surface area contributed by atoms with Crippen molar-refractivity contribution in [3.05, 3.63) is 29.8 Å². The highest BCUT2D eigenvalue weighted by molar-refractivity contribution is 5.83. The van der Waals surface area contributed by atoms with Gasteiger partial charge in [-0.05, 0) is 25.1 Å². The number of benzene rings is 1. The lowest BCUT2D eigenvalue weighted by Gasteiger charge is -2.19. The molecule has 0 bridgehead atoms. The van der Waals surface area contributed by atoms with Gasteiger partial charge in [0.25, 0.3) is 0 Å². The van der Waals surface area contributed by atoms with Crippen LogP contribution in [0.1, 0.15) is 6.92 Å². The topological polar surface area (TPSA) is 32.3 Å². The number of likely N-dealkylation sites (N-methyl/N-ethyl adjacent to an activating group) is 1. The molecule has 0 saturated carbocycles. The SMILES string of the molecule is CC(Nc1cc(F)ccc1F)C(=O)N(C)C. The lowest BCUT2D eigenvalue weighted by atomic mass is 10.2.